The minimum atomic E-state index is 0.716. The van der Waals surface area contributed by atoms with Crippen molar-refractivity contribution in [3.05, 3.63) is 35.4 Å². The molecule has 0 aliphatic heterocycles. The first-order chi connectivity index (χ1) is 10.2. The van der Waals surface area contributed by atoms with Crippen molar-refractivity contribution in [2.75, 3.05) is 7.05 Å². The summed E-state index contributed by atoms with van der Waals surface area (Å²) in [5.74, 6) is 3.54. The fourth-order valence-corrected chi connectivity index (χ4v) is 4.80. The molecule has 0 spiro atoms. The van der Waals surface area contributed by atoms with Gasteiger partial charge in [0.05, 0.1) is 0 Å². The highest BCUT2D eigenvalue weighted by molar-refractivity contribution is 5.30. The quantitative estimate of drug-likeness (QED) is 0.865. The van der Waals surface area contributed by atoms with E-state index in [1.165, 1.54) is 38.5 Å². The van der Waals surface area contributed by atoms with Crippen LogP contribution in [0.4, 0.5) is 0 Å². The van der Waals surface area contributed by atoms with Crippen LogP contribution >= 0.6 is 0 Å². The summed E-state index contributed by atoms with van der Waals surface area (Å²) in [6.45, 7) is 4.89. The predicted molar refractivity (Wildman–Crippen MR) is 90.5 cm³/mol. The van der Waals surface area contributed by atoms with Crippen molar-refractivity contribution in [3.63, 3.8) is 0 Å². The molecule has 0 radical (unpaired) electrons. The van der Waals surface area contributed by atoms with E-state index < -0.39 is 0 Å². The lowest BCUT2D eigenvalue weighted by Gasteiger charge is -2.41. The zero-order valence-electron chi connectivity index (χ0n) is 13.9. The van der Waals surface area contributed by atoms with Gasteiger partial charge in [-0.3, -0.25) is 0 Å². The van der Waals surface area contributed by atoms with E-state index in [0.29, 0.717) is 6.04 Å². The molecule has 3 rings (SSSR count). The van der Waals surface area contributed by atoms with E-state index in [-0.39, 0.29) is 0 Å². The van der Waals surface area contributed by atoms with E-state index in [4.69, 9.17) is 0 Å². The second-order valence-electron chi connectivity index (χ2n) is 7.61. The van der Waals surface area contributed by atoms with Gasteiger partial charge in [-0.05, 0) is 74.0 Å². The Hall–Kier alpha value is -0.820. The molecule has 1 aromatic rings. The Kier molecular flexibility index (Phi) is 4.69. The summed E-state index contributed by atoms with van der Waals surface area (Å²) in [5, 5.41) is 3.71. The molecule has 21 heavy (non-hydrogen) atoms. The van der Waals surface area contributed by atoms with Crippen molar-refractivity contribution in [1.82, 2.24) is 5.32 Å². The first-order valence-corrected chi connectivity index (χ1v) is 8.93. The van der Waals surface area contributed by atoms with E-state index in [1.54, 1.807) is 11.1 Å². The van der Waals surface area contributed by atoms with E-state index in [2.05, 4.69) is 50.5 Å². The zero-order chi connectivity index (χ0) is 14.8. The lowest BCUT2D eigenvalue weighted by molar-refractivity contribution is 0.139. The molecule has 1 N–H and O–H groups in total. The first kappa shape index (κ1) is 15.1. The molecule has 1 nitrogen and oxygen atoms in total. The number of nitrogens with one attached hydrogen (secondary N) is 1. The smallest absolute Gasteiger partial charge is 0.0124 e. The highest BCUT2D eigenvalue weighted by Crippen LogP contribution is 2.39. The van der Waals surface area contributed by atoms with Crippen molar-refractivity contribution in [2.45, 2.75) is 58.4 Å². The first-order valence-electron chi connectivity index (χ1n) is 8.93. The minimum absolute atomic E-state index is 0.716. The van der Waals surface area contributed by atoms with Gasteiger partial charge in [-0.1, -0.05) is 44.5 Å². The summed E-state index contributed by atoms with van der Waals surface area (Å²) in [6, 6.07) is 9.79. The molecule has 116 valence electrons. The molecular weight excluding hydrogens is 254 g/mol. The highest BCUT2D eigenvalue weighted by atomic mass is 14.9. The molecule has 5 atom stereocenters. The molecule has 5 unspecified atom stereocenters. The largest absolute Gasteiger partial charge is 0.316 e. The molecule has 2 aliphatic carbocycles. The maximum Gasteiger partial charge on any atom is 0.0124 e. The lowest BCUT2D eigenvalue weighted by Crippen LogP contribution is -2.44. The number of hydrogen-bond donors (Lipinski definition) is 1. The normalized spacial score (nSPS) is 34.2. The predicted octanol–water partition coefficient (Wildman–Crippen LogP) is 4.45. The van der Waals surface area contributed by atoms with Crippen LogP contribution in [0.1, 0.15) is 50.7 Å². The third-order valence-electron chi connectivity index (χ3n) is 6.37. The van der Waals surface area contributed by atoms with E-state index in [9.17, 15) is 0 Å². The summed E-state index contributed by atoms with van der Waals surface area (Å²) < 4.78 is 0. The Balaban J connectivity index is 1.70. The number of hydrogen-bond acceptors (Lipinski definition) is 1. The van der Waals surface area contributed by atoms with Crippen LogP contribution in [0.2, 0.25) is 0 Å². The number of rotatable bonds is 3. The van der Waals surface area contributed by atoms with Gasteiger partial charge in [0.2, 0.25) is 0 Å². The van der Waals surface area contributed by atoms with Gasteiger partial charge in [-0.25, -0.2) is 0 Å². The Bertz CT molecular complexity index is 467. The van der Waals surface area contributed by atoms with Gasteiger partial charge >= 0.3 is 0 Å². The summed E-state index contributed by atoms with van der Waals surface area (Å²) in [7, 11) is 2.19. The second-order valence-corrected chi connectivity index (χ2v) is 7.61. The standard InChI is InChI=1S/C20H31N/c1-14-8-9-18(12-15(14)2)20(21-3)19-11-10-16-6-4-5-7-17(16)13-19/h4-7,14-15,18-21H,8-13H2,1-3H3. The van der Waals surface area contributed by atoms with Crippen molar-refractivity contribution in [1.29, 1.82) is 0 Å². The van der Waals surface area contributed by atoms with Crippen LogP contribution in [0.15, 0.2) is 24.3 Å². The lowest BCUT2D eigenvalue weighted by atomic mass is 9.68. The van der Waals surface area contributed by atoms with Gasteiger partial charge in [-0.2, -0.15) is 0 Å². The van der Waals surface area contributed by atoms with Gasteiger partial charge in [0, 0.05) is 6.04 Å². The van der Waals surface area contributed by atoms with Gasteiger partial charge in [-0.15, -0.1) is 0 Å². The molecule has 0 amide bonds. The molecule has 0 saturated heterocycles. The molecule has 0 bridgehead atoms. The van der Waals surface area contributed by atoms with Crippen LogP contribution in [-0.2, 0) is 12.8 Å². The summed E-state index contributed by atoms with van der Waals surface area (Å²) >= 11 is 0. The number of aryl methyl sites for hydroxylation is 1. The van der Waals surface area contributed by atoms with Crippen LogP contribution in [0.25, 0.3) is 0 Å². The molecule has 2 aliphatic rings. The molecule has 0 aromatic heterocycles. The molecule has 1 saturated carbocycles. The summed E-state index contributed by atoms with van der Waals surface area (Å²) in [5.41, 5.74) is 3.19. The Labute approximate surface area is 130 Å². The summed E-state index contributed by atoms with van der Waals surface area (Å²) in [4.78, 5) is 0. The van der Waals surface area contributed by atoms with Gasteiger partial charge in [0.15, 0.2) is 0 Å². The van der Waals surface area contributed by atoms with E-state index in [0.717, 1.165) is 23.7 Å². The van der Waals surface area contributed by atoms with Gasteiger partial charge in [0.1, 0.15) is 0 Å². The van der Waals surface area contributed by atoms with Crippen LogP contribution in [0.3, 0.4) is 0 Å². The minimum Gasteiger partial charge on any atom is -0.316 e. The van der Waals surface area contributed by atoms with Crippen molar-refractivity contribution in [3.8, 4) is 0 Å². The molecule has 1 fully saturated rings. The second kappa shape index (κ2) is 6.52. The fraction of sp³-hybridized carbons (Fsp3) is 0.700. The average molecular weight is 285 g/mol. The topological polar surface area (TPSA) is 12.0 Å². The average Bonchev–Trinajstić information content (AvgIpc) is 2.51. The maximum absolute atomic E-state index is 3.71. The monoisotopic (exact) mass is 285 g/mol. The van der Waals surface area contributed by atoms with Gasteiger partial charge in [0.25, 0.3) is 0 Å². The summed E-state index contributed by atoms with van der Waals surface area (Å²) in [6.07, 6.45) is 8.19. The molecule has 1 aromatic carbocycles. The number of benzene rings is 1. The molecule has 0 heterocycles. The fourth-order valence-electron chi connectivity index (χ4n) is 4.80. The molecular formula is C20H31N. The maximum atomic E-state index is 3.71. The van der Waals surface area contributed by atoms with Crippen LogP contribution in [0.5, 0.6) is 0 Å². The van der Waals surface area contributed by atoms with Crippen LogP contribution in [-0.4, -0.2) is 13.1 Å². The molecule has 1 heteroatoms. The SMILES string of the molecule is CNC(C1CCc2ccccc2C1)C1CCC(C)C(C)C1. The third-order valence-corrected chi connectivity index (χ3v) is 6.37. The Morgan fingerprint density at radius 3 is 2.43 bits per heavy atom. The Morgan fingerprint density at radius 1 is 0.952 bits per heavy atom. The zero-order valence-corrected chi connectivity index (χ0v) is 13.9. The van der Waals surface area contributed by atoms with E-state index >= 15 is 0 Å². The van der Waals surface area contributed by atoms with Crippen LogP contribution < -0.4 is 5.32 Å². The van der Waals surface area contributed by atoms with Crippen molar-refractivity contribution < 1.29 is 0 Å². The van der Waals surface area contributed by atoms with E-state index in [1.807, 2.05) is 0 Å². The Morgan fingerprint density at radius 2 is 1.71 bits per heavy atom. The van der Waals surface area contributed by atoms with Crippen molar-refractivity contribution >= 4 is 0 Å². The van der Waals surface area contributed by atoms with Crippen LogP contribution in [0, 0.1) is 23.7 Å². The third kappa shape index (κ3) is 3.18. The highest BCUT2D eigenvalue weighted by Gasteiger charge is 2.34. The number of fused-ring (bicyclic) bond motifs is 1. The van der Waals surface area contributed by atoms with Gasteiger partial charge < -0.3 is 5.32 Å². The van der Waals surface area contributed by atoms with Crippen molar-refractivity contribution in [2.24, 2.45) is 23.7 Å².